The first-order valence-corrected chi connectivity index (χ1v) is 7.14. The van der Waals surface area contributed by atoms with Crippen LogP contribution in [0.5, 0.6) is 11.5 Å². The molecule has 2 aromatic carbocycles. The molecule has 0 radical (unpaired) electrons. The van der Waals surface area contributed by atoms with Crippen LogP contribution in [0.25, 0.3) is 0 Å². The van der Waals surface area contributed by atoms with Crippen molar-refractivity contribution in [3.05, 3.63) is 58.6 Å². The lowest BCUT2D eigenvalue weighted by Gasteiger charge is -2.23. The van der Waals surface area contributed by atoms with E-state index in [0.29, 0.717) is 22.1 Å². The first-order chi connectivity index (χ1) is 10.0. The Kier molecular flexibility index (Phi) is 5.10. The molecule has 2 unspecified atom stereocenters. The quantitative estimate of drug-likeness (QED) is 0.901. The second kappa shape index (κ2) is 6.83. The summed E-state index contributed by atoms with van der Waals surface area (Å²) in [6.07, 6.45) is -1.22. The van der Waals surface area contributed by atoms with Crippen LogP contribution in [0.4, 0.5) is 0 Å². The maximum atomic E-state index is 10.5. The predicted molar refractivity (Wildman–Crippen MR) is 84.2 cm³/mol. The second-order valence-electron chi connectivity index (χ2n) is 4.97. The molecule has 0 amide bonds. The van der Waals surface area contributed by atoms with Crippen molar-refractivity contribution in [3.8, 4) is 11.5 Å². The van der Waals surface area contributed by atoms with Crippen LogP contribution in [0.2, 0.25) is 5.02 Å². The Morgan fingerprint density at radius 2 is 1.90 bits per heavy atom. The lowest BCUT2D eigenvalue weighted by Crippen LogP contribution is -2.22. The zero-order valence-electron chi connectivity index (χ0n) is 12.3. The molecule has 1 N–H and O–H groups in total. The summed E-state index contributed by atoms with van der Waals surface area (Å²) in [5, 5.41) is 11.1. The van der Waals surface area contributed by atoms with Gasteiger partial charge in [-0.2, -0.15) is 0 Å². The third-order valence-electron chi connectivity index (χ3n) is 3.27. The summed E-state index contributed by atoms with van der Waals surface area (Å²) in [4.78, 5) is 0. The number of halogens is 1. The van der Waals surface area contributed by atoms with Crippen LogP contribution in [0, 0.1) is 6.92 Å². The van der Waals surface area contributed by atoms with Crippen LogP contribution in [0.3, 0.4) is 0 Å². The van der Waals surface area contributed by atoms with Gasteiger partial charge < -0.3 is 14.6 Å². The van der Waals surface area contributed by atoms with Crippen molar-refractivity contribution >= 4 is 11.6 Å². The molecule has 0 saturated carbocycles. The minimum absolute atomic E-state index is 0.431. The molecule has 112 valence electrons. The number of hydrogen-bond donors (Lipinski definition) is 1. The summed E-state index contributed by atoms with van der Waals surface area (Å²) in [5.74, 6) is 1.27. The number of aliphatic hydroxyl groups is 1. The first-order valence-electron chi connectivity index (χ1n) is 6.76. The average Bonchev–Trinajstić information content (AvgIpc) is 2.46. The zero-order valence-corrected chi connectivity index (χ0v) is 13.1. The van der Waals surface area contributed by atoms with Gasteiger partial charge in [-0.05, 0) is 44.2 Å². The van der Waals surface area contributed by atoms with E-state index in [1.807, 2.05) is 44.2 Å². The number of methoxy groups -OCH3 is 1. The van der Waals surface area contributed by atoms with Crippen LogP contribution in [-0.2, 0) is 0 Å². The smallest absolute Gasteiger partial charge is 0.126 e. The topological polar surface area (TPSA) is 38.7 Å². The molecule has 0 aliphatic rings. The molecule has 0 saturated heterocycles. The second-order valence-corrected chi connectivity index (χ2v) is 5.41. The highest BCUT2D eigenvalue weighted by molar-refractivity contribution is 6.30. The highest BCUT2D eigenvalue weighted by Crippen LogP contribution is 2.30. The largest absolute Gasteiger partial charge is 0.496 e. The standard InChI is InChI=1S/C17H19ClO3/c1-11-7-8-16(20-3)15(9-11)17(19)12(2)21-14-6-4-5-13(18)10-14/h4-10,12,17,19H,1-3H3. The first kappa shape index (κ1) is 15.7. The van der Waals surface area contributed by atoms with Gasteiger partial charge >= 0.3 is 0 Å². The lowest BCUT2D eigenvalue weighted by atomic mass is 10.0. The van der Waals surface area contributed by atoms with Gasteiger partial charge in [0.25, 0.3) is 0 Å². The Bertz CT molecular complexity index is 613. The van der Waals surface area contributed by atoms with E-state index in [0.717, 1.165) is 5.56 Å². The Morgan fingerprint density at radius 1 is 1.14 bits per heavy atom. The van der Waals surface area contributed by atoms with Gasteiger partial charge in [0.15, 0.2) is 0 Å². The monoisotopic (exact) mass is 306 g/mol. The van der Waals surface area contributed by atoms with Crippen molar-refractivity contribution in [2.45, 2.75) is 26.1 Å². The lowest BCUT2D eigenvalue weighted by molar-refractivity contribution is 0.0451. The molecular weight excluding hydrogens is 288 g/mol. The number of ether oxygens (including phenoxy) is 2. The molecule has 3 nitrogen and oxygen atoms in total. The fourth-order valence-electron chi connectivity index (χ4n) is 2.16. The van der Waals surface area contributed by atoms with E-state index in [9.17, 15) is 5.11 Å². The SMILES string of the molecule is COc1ccc(C)cc1C(O)C(C)Oc1cccc(Cl)c1. The summed E-state index contributed by atoms with van der Waals surface area (Å²) in [5.41, 5.74) is 1.77. The van der Waals surface area contributed by atoms with Crippen molar-refractivity contribution in [3.63, 3.8) is 0 Å². The molecule has 0 spiro atoms. The van der Waals surface area contributed by atoms with E-state index in [4.69, 9.17) is 21.1 Å². The van der Waals surface area contributed by atoms with Crippen LogP contribution in [0.1, 0.15) is 24.2 Å². The number of aryl methyl sites for hydroxylation is 1. The fourth-order valence-corrected chi connectivity index (χ4v) is 2.34. The maximum absolute atomic E-state index is 10.5. The van der Waals surface area contributed by atoms with Crippen LogP contribution >= 0.6 is 11.6 Å². The van der Waals surface area contributed by atoms with E-state index < -0.39 is 12.2 Å². The van der Waals surface area contributed by atoms with Gasteiger partial charge in [0.05, 0.1) is 7.11 Å². The van der Waals surface area contributed by atoms with E-state index in [2.05, 4.69) is 0 Å². The average molecular weight is 307 g/mol. The fraction of sp³-hybridized carbons (Fsp3) is 0.294. The molecule has 2 rings (SSSR count). The molecule has 0 heterocycles. The van der Waals surface area contributed by atoms with E-state index in [1.165, 1.54) is 0 Å². The van der Waals surface area contributed by atoms with Crippen molar-refractivity contribution in [2.75, 3.05) is 7.11 Å². The third-order valence-corrected chi connectivity index (χ3v) is 3.50. The van der Waals surface area contributed by atoms with Gasteiger partial charge in [-0.3, -0.25) is 0 Å². The van der Waals surface area contributed by atoms with Crippen molar-refractivity contribution in [2.24, 2.45) is 0 Å². The Balaban J connectivity index is 2.19. The number of benzene rings is 2. The molecule has 0 aliphatic carbocycles. The van der Waals surface area contributed by atoms with Crippen LogP contribution < -0.4 is 9.47 Å². The van der Waals surface area contributed by atoms with Crippen LogP contribution in [-0.4, -0.2) is 18.3 Å². The molecule has 0 bridgehead atoms. The molecule has 2 aromatic rings. The summed E-state index contributed by atoms with van der Waals surface area (Å²) in [6.45, 7) is 3.78. The predicted octanol–water partition coefficient (Wildman–Crippen LogP) is 4.16. The number of aliphatic hydroxyl groups excluding tert-OH is 1. The number of rotatable bonds is 5. The molecule has 0 aromatic heterocycles. The number of hydrogen-bond acceptors (Lipinski definition) is 3. The molecule has 0 aliphatic heterocycles. The minimum Gasteiger partial charge on any atom is -0.496 e. The van der Waals surface area contributed by atoms with Gasteiger partial charge in [0.1, 0.15) is 23.7 Å². The Labute approximate surface area is 130 Å². The highest BCUT2D eigenvalue weighted by Gasteiger charge is 2.22. The Hall–Kier alpha value is -1.71. The molecule has 4 heteroatoms. The molecule has 21 heavy (non-hydrogen) atoms. The van der Waals surface area contributed by atoms with Crippen molar-refractivity contribution in [1.29, 1.82) is 0 Å². The van der Waals surface area contributed by atoms with E-state index >= 15 is 0 Å². The minimum atomic E-state index is -0.793. The normalized spacial score (nSPS) is 13.6. The molecule has 2 atom stereocenters. The van der Waals surface area contributed by atoms with Crippen molar-refractivity contribution < 1.29 is 14.6 Å². The van der Waals surface area contributed by atoms with Crippen LogP contribution in [0.15, 0.2) is 42.5 Å². The summed E-state index contributed by atoms with van der Waals surface area (Å²) < 4.78 is 11.1. The molecule has 0 fully saturated rings. The third kappa shape index (κ3) is 3.90. The highest BCUT2D eigenvalue weighted by atomic mass is 35.5. The Morgan fingerprint density at radius 3 is 2.57 bits per heavy atom. The van der Waals surface area contributed by atoms with Crippen molar-refractivity contribution in [1.82, 2.24) is 0 Å². The van der Waals surface area contributed by atoms with Gasteiger partial charge in [-0.1, -0.05) is 29.3 Å². The van der Waals surface area contributed by atoms with Gasteiger partial charge in [0, 0.05) is 10.6 Å². The summed E-state index contributed by atoms with van der Waals surface area (Å²) in [6, 6.07) is 12.8. The van der Waals surface area contributed by atoms with Gasteiger partial charge in [0.2, 0.25) is 0 Å². The van der Waals surface area contributed by atoms with Gasteiger partial charge in [-0.25, -0.2) is 0 Å². The maximum Gasteiger partial charge on any atom is 0.126 e. The summed E-state index contributed by atoms with van der Waals surface area (Å²) >= 11 is 5.93. The van der Waals surface area contributed by atoms with Gasteiger partial charge in [-0.15, -0.1) is 0 Å². The summed E-state index contributed by atoms with van der Waals surface area (Å²) in [7, 11) is 1.59. The van der Waals surface area contributed by atoms with E-state index in [1.54, 1.807) is 19.2 Å². The molecular formula is C17H19ClO3. The zero-order chi connectivity index (χ0) is 15.4. The van der Waals surface area contributed by atoms with E-state index in [-0.39, 0.29) is 0 Å².